The first-order chi connectivity index (χ1) is 16.6. The summed E-state index contributed by atoms with van der Waals surface area (Å²) in [5, 5.41) is 1.10. The Balaban J connectivity index is 1.56. The molecule has 1 aliphatic rings. The molecule has 1 saturated heterocycles. The number of ether oxygens (including phenoxy) is 1. The molecule has 0 unspecified atom stereocenters. The second kappa shape index (κ2) is 11.6. The van der Waals surface area contributed by atoms with E-state index in [1.54, 1.807) is 4.68 Å². The highest BCUT2D eigenvalue weighted by Crippen LogP contribution is 2.35. The predicted octanol–water partition coefficient (Wildman–Crippen LogP) is 6.13. The van der Waals surface area contributed by atoms with Crippen molar-refractivity contribution in [3.05, 3.63) is 65.4 Å². The van der Waals surface area contributed by atoms with E-state index in [0.29, 0.717) is 29.4 Å². The van der Waals surface area contributed by atoms with Crippen LogP contribution >= 0.6 is 0 Å². The third-order valence-corrected chi connectivity index (χ3v) is 7.12. The molecule has 1 aromatic heterocycles. The van der Waals surface area contributed by atoms with Crippen molar-refractivity contribution in [2.24, 2.45) is 0 Å². The normalized spacial score (nSPS) is 15.1. The number of para-hydroxylation sites is 1. The minimum absolute atomic E-state index is 0.00176. The average Bonchev–Trinajstić information content (AvgIpc) is 3.21. The van der Waals surface area contributed by atoms with Crippen molar-refractivity contribution >= 4 is 16.7 Å². The molecular formula is C29H39N3O2. The van der Waals surface area contributed by atoms with E-state index in [0.717, 1.165) is 56.1 Å². The number of aromatic nitrogens is 1. The SMILES string of the molecule is CCCCCOc1ccccc1C(=O)c1ccc2c(c1)c(C1CCN(CCCC)CC1)cn2N. The maximum absolute atomic E-state index is 13.5. The first-order valence-electron chi connectivity index (χ1n) is 13.0. The van der Waals surface area contributed by atoms with Gasteiger partial charge in [0.15, 0.2) is 5.78 Å². The molecule has 182 valence electrons. The smallest absolute Gasteiger partial charge is 0.196 e. The van der Waals surface area contributed by atoms with Crippen LogP contribution < -0.4 is 10.6 Å². The molecular weight excluding hydrogens is 422 g/mol. The number of fused-ring (bicyclic) bond motifs is 1. The number of hydrogen-bond donors (Lipinski definition) is 1. The van der Waals surface area contributed by atoms with Gasteiger partial charge in [0.1, 0.15) is 5.75 Å². The molecule has 0 atom stereocenters. The van der Waals surface area contributed by atoms with Gasteiger partial charge in [0, 0.05) is 17.1 Å². The highest BCUT2D eigenvalue weighted by molar-refractivity contribution is 6.12. The molecule has 2 N–H and O–H groups in total. The van der Waals surface area contributed by atoms with Crippen LogP contribution in [-0.4, -0.2) is 41.6 Å². The zero-order valence-corrected chi connectivity index (χ0v) is 20.8. The first-order valence-corrected chi connectivity index (χ1v) is 13.0. The number of nitrogen functional groups attached to an aromatic ring is 1. The van der Waals surface area contributed by atoms with Gasteiger partial charge in [-0.3, -0.25) is 9.47 Å². The largest absolute Gasteiger partial charge is 0.493 e. The Labute approximate surface area is 203 Å². The van der Waals surface area contributed by atoms with E-state index in [9.17, 15) is 4.79 Å². The lowest BCUT2D eigenvalue weighted by Crippen LogP contribution is -2.33. The number of carbonyl (C=O) groups excluding carboxylic acids is 1. The number of piperidine rings is 1. The molecule has 3 aromatic rings. The molecule has 4 rings (SSSR count). The molecule has 0 aliphatic carbocycles. The number of rotatable bonds is 11. The van der Waals surface area contributed by atoms with E-state index in [4.69, 9.17) is 10.6 Å². The van der Waals surface area contributed by atoms with E-state index in [1.807, 2.05) is 42.5 Å². The molecule has 1 fully saturated rings. The molecule has 2 aromatic carbocycles. The van der Waals surface area contributed by atoms with Crippen LogP contribution in [0.2, 0.25) is 0 Å². The zero-order valence-electron chi connectivity index (χ0n) is 20.8. The first kappa shape index (κ1) is 24.3. The van der Waals surface area contributed by atoms with Crippen LogP contribution in [-0.2, 0) is 0 Å². The van der Waals surface area contributed by atoms with Gasteiger partial charge >= 0.3 is 0 Å². The Hall–Kier alpha value is -2.79. The second-order valence-corrected chi connectivity index (χ2v) is 9.57. The standard InChI is InChI=1S/C29H39N3O2/c1-3-5-9-19-34-28-11-8-7-10-24(28)29(33)23-12-13-27-25(20-23)26(21-32(27)30)22-14-17-31(18-15-22)16-6-4-2/h7-8,10-13,20-22H,3-6,9,14-19,30H2,1-2H3. The Morgan fingerprint density at radius 3 is 2.56 bits per heavy atom. The van der Waals surface area contributed by atoms with E-state index in [1.165, 1.54) is 24.9 Å². The van der Waals surface area contributed by atoms with Crippen molar-refractivity contribution in [2.75, 3.05) is 32.1 Å². The Morgan fingerprint density at radius 2 is 1.79 bits per heavy atom. The molecule has 0 saturated carbocycles. The van der Waals surface area contributed by atoms with Crippen molar-refractivity contribution < 1.29 is 9.53 Å². The van der Waals surface area contributed by atoms with Gasteiger partial charge in [-0.2, -0.15) is 0 Å². The average molecular weight is 462 g/mol. The lowest BCUT2D eigenvalue weighted by molar-refractivity contribution is 0.103. The summed E-state index contributed by atoms with van der Waals surface area (Å²) in [6.45, 7) is 8.51. The van der Waals surface area contributed by atoms with Gasteiger partial charge in [-0.15, -0.1) is 0 Å². The maximum atomic E-state index is 13.5. The number of carbonyl (C=O) groups is 1. The van der Waals surface area contributed by atoms with Crippen molar-refractivity contribution in [2.45, 2.75) is 64.7 Å². The summed E-state index contributed by atoms with van der Waals surface area (Å²) >= 11 is 0. The monoisotopic (exact) mass is 461 g/mol. The molecule has 0 radical (unpaired) electrons. The van der Waals surface area contributed by atoms with Gasteiger partial charge in [0.2, 0.25) is 0 Å². The van der Waals surface area contributed by atoms with Crippen molar-refractivity contribution in [3.8, 4) is 5.75 Å². The highest BCUT2D eigenvalue weighted by Gasteiger charge is 2.24. The third-order valence-electron chi connectivity index (χ3n) is 7.12. The van der Waals surface area contributed by atoms with Gasteiger partial charge in [0.25, 0.3) is 0 Å². The fourth-order valence-corrected chi connectivity index (χ4v) is 5.07. The molecule has 0 spiro atoms. The quantitative estimate of drug-likeness (QED) is 0.212. The predicted molar refractivity (Wildman–Crippen MR) is 140 cm³/mol. The number of likely N-dealkylation sites (tertiary alicyclic amines) is 1. The lowest BCUT2D eigenvalue weighted by Gasteiger charge is -2.31. The molecule has 2 heterocycles. The molecule has 5 nitrogen and oxygen atoms in total. The van der Waals surface area contributed by atoms with Gasteiger partial charge in [-0.05, 0) is 87.1 Å². The molecule has 1 aliphatic heterocycles. The van der Waals surface area contributed by atoms with Crippen LogP contribution in [0.15, 0.2) is 48.7 Å². The van der Waals surface area contributed by atoms with Crippen LogP contribution in [0, 0.1) is 0 Å². The van der Waals surface area contributed by atoms with Crippen molar-refractivity contribution in [1.29, 1.82) is 0 Å². The molecule has 0 bridgehead atoms. The number of hydrogen-bond acceptors (Lipinski definition) is 4. The maximum Gasteiger partial charge on any atom is 0.196 e. The zero-order chi connectivity index (χ0) is 23.9. The number of benzene rings is 2. The Kier molecular flexibility index (Phi) is 8.28. The number of nitrogens with zero attached hydrogens (tertiary/aromatic N) is 2. The fourth-order valence-electron chi connectivity index (χ4n) is 5.07. The lowest BCUT2D eigenvalue weighted by atomic mass is 9.88. The van der Waals surface area contributed by atoms with Gasteiger partial charge in [-0.1, -0.05) is 45.2 Å². The van der Waals surface area contributed by atoms with E-state index in [-0.39, 0.29) is 5.78 Å². The van der Waals surface area contributed by atoms with E-state index in [2.05, 4.69) is 24.9 Å². The van der Waals surface area contributed by atoms with E-state index >= 15 is 0 Å². The Bertz CT molecular complexity index is 1100. The molecule has 0 amide bonds. The summed E-state index contributed by atoms with van der Waals surface area (Å²) in [4.78, 5) is 16.1. The number of ketones is 1. The van der Waals surface area contributed by atoms with Crippen LogP contribution in [0.1, 0.15) is 86.2 Å². The number of unbranched alkanes of at least 4 members (excludes halogenated alkanes) is 3. The minimum atomic E-state index is -0.00176. The van der Waals surface area contributed by atoms with Gasteiger partial charge < -0.3 is 15.5 Å². The van der Waals surface area contributed by atoms with Crippen molar-refractivity contribution in [1.82, 2.24) is 9.58 Å². The van der Waals surface area contributed by atoms with Gasteiger partial charge in [0.05, 0.1) is 17.7 Å². The van der Waals surface area contributed by atoms with E-state index < -0.39 is 0 Å². The fraction of sp³-hybridized carbons (Fsp3) is 0.483. The van der Waals surface area contributed by atoms with Crippen LogP contribution in [0.25, 0.3) is 10.9 Å². The minimum Gasteiger partial charge on any atom is -0.493 e. The molecule has 5 heteroatoms. The summed E-state index contributed by atoms with van der Waals surface area (Å²) in [5.41, 5.74) is 3.55. The summed E-state index contributed by atoms with van der Waals surface area (Å²) in [7, 11) is 0. The third kappa shape index (κ3) is 5.47. The summed E-state index contributed by atoms with van der Waals surface area (Å²) < 4.78 is 7.70. The second-order valence-electron chi connectivity index (χ2n) is 9.57. The van der Waals surface area contributed by atoms with Crippen LogP contribution in [0.3, 0.4) is 0 Å². The Morgan fingerprint density at radius 1 is 1.03 bits per heavy atom. The van der Waals surface area contributed by atoms with Gasteiger partial charge in [-0.25, -0.2) is 0 Å². The topological polar surface area (TPSA) is 60.5 Å². The summed E-state index contributed by atoms with van der Waals surface area (Å²) in [5.74, 6) is 7.46. The summed E-state index contributed by atoms with van der Waals surface area (Å²) in [6, 6.07) is 13.5. The number of nitrogens with two attached hydrogens (primary N) is 1. The van der Waals surface area contributed by atoms with Crippen LogP contribution in [0.5, 0.6) is 5.75 Å². The van der Waals surface area contributed by atoms with Crippen molar-refractivity contribution in [3.63, 3.8) is 0 Å². The van der Waals surface area contributed by atoms with Crippen LogP contribution in [0.4, 0.5) is 0 Å². The summed E-state index contributed by atoms with van der Waals surface area (Å²) in [6.07, 6.45) is 10.1. The molecule has 34 heavy (non-hydrogen) atoms. The highest BCUT2D eigenvalue weighted by atomic mass is 16.5.